The maximum atomic E-state index is 13.5. The molecule has 0 saturated carbocycles. The van der Waals surface area contributed by atoms with E-state index in [4.69, 9.17) is 0 Å². The van der Waals surface area contributed by atoms with Crippen LogP contribution in [0.25, 0.3) is 0 Å². The average molecular weight is 188 g/mol. The number of hydrogen-bond acceptors (Lipinski definition) is 2. The van der Waals surface area contributed by atoms with Crippen LogP contribution in [0.15, 0.2) is 0 Å². The van der Waals surface area contributed by atoms with Gasteiger partial charge in [0.2, 0.25) is 6.42 Å². The predicted octanol–water partition coefficient (Wildman–Crippen LogP) is 1.82. The van der Waals surface area contributed by atoms with Crippen LogP contribution in [0.1, 0.15) is 27.7 Å². The van der Waals surface area contributed by atoms with Gasteiger partial charge in [-0.05, 0) is 32.7 Å². The molecule has 0 spiro atoms. The lowest BCUT2D eigenvalue weighted by molar-refractivity contribution is 0.0429. The Morgan fingerprint density at radius 3 is 2.15 bits per heavy atom. The standard InChI is InChI=1S/C10H21FN2/c1-6-7(2)9(4)13(5)10(11)12-8(6)3/h6-10,12H,1-5H3. The number of hydrogen-bond donors (Lipinski definition) is 1. The summed E-state index contributed by atoms with van der Waals surface area (Å²) < 4.78 is 13.5. The quantitative estimate of drug-likeness (QED) is 0.583. The summed E-state index contributed by atoms with van der Waals surface area (Å²) in [5, 5.41) is 2.96. The van der Waals surface area contributed by atoms with Gasteiger partial charge in [0.25, 0.3) is 0 Å². The van der Waals surface area contributed by atoms with Crippen molar-refractivity contribution in [3.05, 3.63) is 0 Å². The van der Waals surface area contributed by atoms with Gasteiger partial charge < -0.3 is 0 Å². The van der Waals surface area contributed by atoms with Crippen LogP contribution < -0.4 is 5.32 Å². The maximum Gasteiger partial charge on any atom is 0.207 e. The molecule has 5 unspecified atom stereocenters. The number of nitrogens with zero attached hydrogens (tertiary/aromatic N) is 1. The van der Waals surface area contributed by atoms with E-state index in [0.717, 1.165) is 0 Å². The van der Waals surface area contributed by atoms with Crippen LogP contribution >= 0.6 is 0 Å². The molecule has 0 amide bonds. The summed E-state index contributed by atoms with van der Waals surface area (Å²) in [5.74, 6) is 1.03. The third kappa shape index (κ3) is 2.02. The third-order valence-corrected chi connectivity index (χ3v) is 3.78. The van der Waals surface area contributed by atoms with E-state index in [1.165, 1.54) is 0 Å². The first-order valence-corrected chi connectivity index (χ1v) is 5.07. The molecule has 1 aliphatic rings. The Kier molecular flexibility index (Phi) is 3.30. The van der Waals surface area contributed by atoms with Gasteiger partial charge in [-0.1, -0.05) is 13.8 Å². The molecule has 1 N–H and O–H groups in total. The van der Waals surface area contributed by atoms with Crippen LogP contribution in [-0.4, -0.2) is 30.5 Å². The van der Waals surface area contributed by atoms with Crippen molar-refractivity contribution in [2.24, 2.45) is 11.8 Å². The molecule has 0 aromatic heterocycles. The van der Waals surface area contributed by atoms with Gasteiger partial charge >= 0.3 is 0 Å². The van der Waals surface area contributed by atoms with Gasteiger partial charge in [0.15, 0.2) is 0 Å². The molecular formula is C10H21FN2. The molecule has 13 heavy (non-hydrogen) atoms. The fourth-order valence-corrected chi connectivity index (χ4v) is 1.96. The van der Waals surface area contributed by atoms with E-state index < -0.39 is 6.42 Å². The molecule has 78 valence electrons. The summed E-state index contributed by atoms with van der Waals surface area (Å²) >= 11 is 0. The zero-order chi connectivity index (χ0) is 10.2. The second kappa shape index (κ2) is 3.93. The molecule has 0 bridgehead atoms. The molecule has 1 saturated heterocycles. The monoisotopic (exact) mass is 188 g/mol. The largest absolute Gasteiger partial charge is 0.272 e. The van der Waals surface area contributed by atoms with Crippen molar-refractivity contribution < 1.29 is 4.39 Å². The van der Waals surface area contributed by atoms with Gasteiger partial charge in [-0.25, -0.2) is 4.39 Å². The second-order valence-electron chi connectivity index (χ2n) is 4.42. The number of halogens is 1. The van der Waals surface area contributed by atoms with Gasteiger partial charge in [-0.2, -0.15) is 0 Å². The van der Waals surface area contributed by atoms with Gasteiger partial charge in [0.1, 0.15) is 0 Å². The topological polar surface area (TPSA) is 15.3 Å². The van der Waals surface area contributed by atoms with Crippen molar-refractivity contribution in [1.82, 2.24) is 10.2 Å². The van der Waals surface area contributed by atoms with Gasteiger partial charge in [-0.3, -0.25) is 10.2 Å². The SMILES string of the molecule is CC1NC(F)N(C)C(C)C(C)C1C. The Hall–Kier alpha value is -0.150. The lowest BCUT2D eigenvalue weighted by Gasteiger charge is -2.30. The highest BCUT2D eigenvalue weighted by atomic mass is 19.1. The third-order valence-electron chi connectivity index (χ3n) is 3.78. The Balaban J connectivity index is 2.79. The highest BCUT2D eigenvalue weighted by molar-refractivity contribution is 4.85. The van der Waals surface area contributed by atoms with Crippen LogP contribution in [0.2, 0.25) is 0 Å². The summed E-state index contributed by atoms with van der Waals surface area (Å²) in [7, 11) is 1.84. The molecule has 1 heterocycles. The summed E-state index contributed by atoms with van der Waals surface area (Å²) in [6, 6.07) is 0.542. The van der Waals surface area contributed by atoms with Crippen molar-refractivity contribution in [1.29, 1.82) is 0 Å². The molecule has 0 aromatic carbocycles. The fraction of sp³-hybridized carbons (Fsp3) is 1.00. The number of nitrogens with one attached hydrogen (secondary N) is 1. The molecule has 2 nitrogen and oxygen atoms in total. The Labute approximate surface area is 80.5 Å². The van der Waals surface area contributed by atoms with Gasteiger partial charge in [0.05, 0.1) is 0 Å². The first-order valence-electron chi connectivity index (χ1n) is 5.07. The maximum absolute atomic E-state index is 13.5. The lowest BCUT2D eigenvalue weighted by atomic mass is 9.85. The zero-order valence-corrected chi connectivity index (χ0v) is 9.21. The van der Waals surface area contributed by atoms with Crippen molar-refractivity contribution in [3.63, 3.8) is 0 Å². The molecule has 3 heteroatoms. The zero-order valence-electron chi connectivity index (χ0n) is 9.21. The van der Waals surface area contributed by atoms with Gasteiger partial charge in [0, 0.05) is 12.1 Å². The minimum atomic E-state index is -1.00. The summed E-state index contributed by atoms with van der Waals surface area (Å²) in [6.45, 7) is 8.53. The number of alkyl halides is 1. The number of rotatable bonds is 0. The van der Waals surface area contributed by atoms with Crippen molar-refractivity contribution in [3.8, 4) is 0 Å². The smallest absolute Gasteiger partial charge is 0.207 e. The predicted molar refractivity (Wildman–Crippen MR) is 53.0 cm³/mol. The molecule has 0 aliphatic carbocycles. The highest BCUT2D eigenvalue weighted by Crippen LogP contribution is 2.26. The molecule has 1 rings (SSSR count). The van der Waals surface area contributed by atoms with Crippen LogP contribution in [0.5, 0.6) is 0 Å². The minimum absolute atomic E-state index is 0.248. The van der Waals surface area contributed by atoms with E-state index in [-0.39, 0.29) is 6.04 Å². The normalized spacial score (nSPS) is 48.9. The average Bonchev–Trinajstić information content (AvgIpc) is 2.15. The van der Waals surface area contributed by atoms with E-state index in [1.807, 2.05) is 7.05 Å². The minimum Gasteiger partial charge on any atom is -0.272 e. The van der Waals surface area contributed by atoms with E-state index in [2.05, 4.69) is 33.0 Å². The molecule has 0 radical (unpaired) electrons. The Morgan fingerprint density at radius 2 is 1.62 bits per heavy atom. The van der Waals surface area contributed by atoms with Crippen molar-refractivity contribution >= 4 is 0 Å². The van der Waals surface area contributed by atoms with E-state index >= 15 is 0 Å². The van der Waals surface area contributed by atoms with Gasteiger partial charge in [-0.15, -0.1) is 0 Å². The molecular weight excluding hydrogens is 167 g/mol. The van der Waals surface area contributed by atoms with Crippen LogP contribution in [0.4, 0.5) is 4.39 Å². The van der Waals surface area contributed by atoms with Crippen molar-refractivity contribution in [2.75, 3.05) is 7.05 Å². The fourth-order valence-electron chi connectivity index (χ4n) is 1.96. The Bertz CT molecular complexity index is 156. The van der Waals surface area contributed by atoms with E-state index in [1.54, 1.807) is 4.90 Å². The molecule has 1 fully saturated rings. The van der Waals surface area contributed by atoms with Crippen LogP contribution in [0, 0.1) is 11.8 Å². The molecule has 0 aromatic rings. The first kappa shape index (κ1) is 10.9. The first-order chi connectivity index (χ1) is 5.95. The van der Waals surface area contributed by atoms with Crippen molar-refractivity contribution in [2.45, 2.75) is 46.2 Å². The highest BCUT2D eigenvalue weighted by Gasteiger charge is 2.34. The summed E-state index contributed by atoms with van der Waals surface area (Å²) in [4.78, 5) is 1.77. The molecule has 5 atom stereocenters. The lowest BCUT2D eigenvalue weighted by Crippen LogP contribution is -2.45. The van der Waals surface area contributed by atoms with E-state index in [0.29, 0.717) is 17.9 Å². The summed E-state index contributed by atoms with van der Waals surface area (Å²) in [5.41, 5.74) is 0. The van der Waals surface area contributed by atoms with E-state index in [9.17, 15) is 4.39 Å². The van der Waals surface area contributed by atoms with Crippen LogP contribution in [0.3, 0.4) is 0 Å². The second-order valence-corrected chi connectivity index (χ2v) is 4.42. The molecule has 1 aliphatic heterocycles. The van der Waals surface area contributed by atoms with Crippen LogP contribution in [-0.2, 0) is 0 Å². The Morgan fingerprint density at radius 1 is 1.08 bits per heavy atom. The summed E-state index contributed by atoms with van der Waals surface area (Å²) in [6.07, 6.45) is -1.00.